The van der Waals surface area contributed by atoms with Crippen LogP contribution in [0.4, 0.5) is 5.69 Å². The van der Waals surface area contributed by atoms with Gasteiger partial charge >= 0.3 is 0 Å². The highest BCUT2D eigenvalue weighted by Gasteiger charge is 2.31. The SMILES string of the molecule is Cc1ccc(S(=O)(=O)N(CC(=O)N2CCN(Cc3ccc4c(c3)OCO4)CC2)c2cccc(C)c2C)cc1. The number of hydrogen-bond acceptors (Lipinski definition) is 6. The maximum absolute atomic E-state index is 13.8. The summed E-state index contributed by atoms with van der Waals surface area (Å²) < 4.78 is 39.7. The van der Waals surface area contributed by atoms with E-state index in [2.05, 4.69) is 4.90 Å². The van der Waals surface area contributed by atoms with E-state index in [4.69, 9.17) is 9.47 Å². The lowest BCUT2D eigenvalue weighted by Gasteiger charge is -2.36. The molecule has 0 saturated carbocycles. The molecule has 3 aromatic carbocycles. The van der Waals surface area contributed by atoms with E-state index in [0.717, 1.165) is 40.3 Å². The molecule has 2 aliphatic heterocycles. The molecule has 2 aliphatic rings. The highest BCUT2D eigenvalue weighted by Crippen LogP contribution is 2.33. The molecule has 0 aromatic heterocycles. The zero-order valence-electron chi connectivity index (χ0n) is 22.0. The van der Waals surface area contributed by atoms with E-state index in [-0.39, 0.29) is 24.1 Å². The van der Waals surface area contributed by atoms with Crippen LogP contribution in [0.5, 0.6) is 11.5 Å². The molecular formula is C29H33N3O5S. The molecule has 2 heterocycles. The number of rotatable bonds is 7. The standard InChI is InChI=1S/C29H33N3O5S/c1-21-7-10-25(11-8-21)38(34,35)32(26-6-4-5-22(2)23(26)3)19-29(33)31-15-13-30(14-16-31)18-24-9-12-27-28(17-24)37-20-36-27/h4-12,17H,13-16,18-20H2,1-3H3. The van der Waals surface area contributed by atoms with Crippen LogP contribution in [0.3, 0.4) is 0 Å². The zero-order chi connectivity index (χ0) is 26.9. The van der Waals surface area contributed by atoms with Gasteiger partial charge in [0, 0.05) is 32.7 Å². The van der Waals surface area contributed by atoms with E-state index in [1.807, 2.05) is 51.1 Å². The second-order valence-electron chi connectivity index (χ2n) is 9.89. The minimum Gasteiger partial charge on any atom is -0.454 e. The van der Waals surface area contributed by atoms with Gasteiger partial charge in [-0.25, -0.2) is 8.42 Å². The van der Waals surface area contributed by atoms with Crippen molar-refractivity contribution in [1.29, 1.82) is 0 Å². The van der Waals surface area contributed by atoms with Crippen molar-refractivity contribution in [2.75, 3.05) is 43.8 Å². The van der Waals surface area contributed by atoms with Crippen LogP contribution in [0, 0.1) is 20.8 Å². The number of ether oxygens (including phenoxy) is 2. The topological polar surface area (TPSA) is 79.4 Å². The Balaban J connectivity index is 1.30. The van der Waals surface area contributed by atoms with Gasteiger partial charge in [-0.05, 0) is 67.8 Å². The number of piperazine rings is 1. The predicted octanol–water partition coefficient (Wildman–Crippen LogP) is 3.88. The average molecular weight is 536 g/mol. The molecule has 1 amide bonds. The first-order valence-electron chi connectivity index (χ1n) is 12.8. The van der Waals surface area contributed by atoms with E-state index in [9.17, 15) is 13.2 Å². The minimum atomic E-state index is -3.95. The highest BCUT2D eigenvalue weighted by molar-refractivity contribution is 7.92. The largest absolute Gasteiger partial charge is 0.454 e. The molecule has 0 radical (unpaired) electrons. The van der Waals surface area contributed by atoms with E-state index in [1.54, 1.807) is 35.2 Å². The van der Waals surface area contributed by atoms with Crippen molar-refractivity contribution in [2.45, 2.75) is 32.2 Å². The number of benzene rings is 3. The van der Waals surface area contributed by atoms with Crippen LogP contribution in [0.1, 0.15) is 22.3 Å². The molecule has 3 aromatic rings. The average Bonchev–Trinajstić information content (AvgIpc) is 3.38. The number of fused-ring (bicyclic) bond motifs is 1. The number of anilines is 1. The normalized spacial score (nSPS) is 15.5. The Kier molecular flexibility index (Phi) is 7.32. The van der Waals surface area contributed by atoms with Crippen LogP contribution in [-0.2, 0) is 21.4 Å². The maximum Gasteiger partial charge on any atom is 0.264 e. The van der Waals surface area contributed by atoms with Gasteiger partial charge in [0.05, 0.1) is 10.6 Å². The lowest BCUT2D eigenvalue weighted by atomic mass is 10.1. The highest BCUT2D eigenvalue weighted by atomic mass is 32.2. The minimum absolute atomic E-state index is 0.172. The van der Waals surface area contributed by atoms with Gasteiger partial charge in [-0.2, -0.15) is 0 Å². The number of carbonyl (C=O) groups excluding carboxylic acids is 1. The van der Waals surface area contributed by atoms with Gasteiger partial charge in [0.2, 0.25) is 12.7 Å². The van der Waals surface area contributed by atoms with Crippen molar-refractivity contribution in [3.8, 4) is 11.5 Å². The van der Waals surface area contributed by atoms with Crippen LogP contribution >= 0.6 is 0 Å². The Morgan fingerprint density at radius 1 is 0.895 bits per heavy atom. The van der Waals surface area contributed by atoms with Crippen molar-refractivity contribution in [2.24, 2.45) is 0 Å². The van der Waals surface area contributed by atoms with Crippen LogP contribution in [0.2, 0.25) is 0 Å². The fraction of sp³-hybridized carbons (Fsp3) is 0.345. The van der Waals surface area contributed by atoms with Crippen molar-refractivity contribution < 1.29 is 22.7 Å². The second-order valence-corrected chi connectivity index (χ2v) is 11.8. The van der Waals surface area contributed by atoms with Crippen molar-refractivity contribution in [3.63, 3.8) is 0 Å². The molecule has 0 spiro atoms. The summed E-state index contributed by atoms with van der Waals surface area (Å²) in [6, 6.07) is 18.2. The first kappa shape index (κ1) is 26.1. The predicted molar refractivity (Wildman–Crippen MR) is 146 cm³/mol. The van der Waals surface area contributed by atoms with Gasteiger partial charge in [0.25, 0.3) is 10.0 Å². The van der Waals surface area contributed by atoms with E-state index < -0.39 is 10.0 Å². The molecule has 0 bridgehead atoms. The van der Waals surface area contributed by atoms with Gasteiger partial charge in [-0.1, -0.05) is 35.9 Å². The second kappa shape index (κ2) is 10.7. The van der Waals surface area contributed by atoms with Crippen molar-refractivity contribution in [3.05, 3.63) is 82.9 Å². The molecule has 0 unspecified atom stereocenters. The van der Waals surface area contributed by atoms with Crippen LogP contribution in [0.15, 0.2) is 65.6 Å². The fourth-order valence-corrected chi connectivity index (χ4v) is 6.29. The lowest BCUT2D eigenvalue weighted by molar-refractivity contribution is -0.131. The van der Waals surface area contributed by atoms with Crippen LogP contribution < -0.4 is 13.8 Å². The van der Waals surface area contributed by atoms with Crippen LogP contribution in [-0.4, -0.2) is 63.6 Å². The summed E-state index contributed by atoms with van der Waals surface area (Å²) in [5.74, 6) is 1.32. The fourth-order valence-electron chi connectivity index (χ4n) is 4.82. The summed E-state index contributed by atoms with van der Waals surface area (Å²) in [7, 11) is -3.95. The number of hydrogen-bond donors (Lipinski definition) is 0. The van der Waals surface area contributed by atoms with Gasteiger partial charge in [0.1, 0.15) is 6.54 Å². The molecule has 1 fully saturated rings. The van der Waals surface area contributed by atoms with E-state index in [1.165, 1.54) is 4.31 Å². The summed E-state index contributed by atoms with van der Waals surface area (Å²) in [6.45, 7) is 8.97. The molecule has 0 aliphatic carbocycles. The smallest absolute Gasteiger partial charge is 0.264 e. The first-order valence-corrected chi connectivity index (χ1v) is 14.2. The molecule has 0 atom stereocenters. The first-order chi connectivity index (χ1) is 18.2. The van der Waals surface area contributed by atoms with Crippen molar-refractivity contribution in [1.82, 2.24) is 9.80 Å². The van der Waals surface area contributed by atoms with Crippen LogP contribution in [0.25, 0.3) is 0 Å². The molecule has 5 rings (SSSR count). The van der Waals surface area contributed by atoms with E-state index in [0.29, 0.717) is 31.9 Å². The third kappa shape index (κ3) is 5.35. The Labute approximate surface area is 224 Å². The molecule has 9 heteroatoms. The van der Waals surface area contributed by atoms with E-state index >= 15 is 0 Å². The third-order valence-corrected chi connectivity index (χ3v) is 9.07. The molecule has 8 nitrogen and oxygen atoms in total. The van der Waals surface area contributed by atoms with Gasteiger partial charge in [-0.3, -0.25) is 14.0 Å². The third-order valence-electron chi connectivity index (χ3n) is 7.30. The number of aryl methyl sites for hydroxylation is 2. The molecule has 0 N–H and O–H groups in total. The molecule has 38 heavy (non-hydrogen) atoms. The number of amides is 1. The van der Waals surface area contributed by atoms with Gasteiger partial charge in [0.15, 0.2) is 11.5 Å². The summed E-state index contributed by atoms with van der Waals surface area (Å²) in [5.41, 5.74) is 4.43. The number of carbonyl (C=O) groups is 1. The van der Waals surface area contributed by atoms with Gasteiger partial charge < -0.3 is 14.4 Å². The summed E-state index contributed by atoms with van der Waals surface area (Å²) in [4.78, 5) is 17.7. The Morgan fingerprint density at radius 3 is 2.34 bits per heavy atom. The maximum atomic E-state index is 13.8. The monoisotopic (exact) mass is 535 g/mol. The molecule has 1 saturated heterocycles. The van der Waals surface area contributed by atoms with Crippen molar-refractivity contribution >= 4 is 21.6 Å². The quantitative estimate of drug-likeness (QED) is 0.457. The Morgan fingerprint density at radius 2 is 1.61 bits per heavy atom. The summed E-state index contributed by atoms with van der Waals surface area (Å²) >= 11 is 0. The van der Waals surface area contributed by atoms with Gasteiger partial charge in [-0.15, -0.1) is 0 Å². The Hall–Kier alpha value is -3.56. The lowest BCUT2D eigenvalue weighted by Crippen LogP contribution is -2.51. The zero-order valence-corrected chi connectivity index (χ0v) is 22.8. The summed E-state index contributed by atoms with van der Waals surface area (Å²) in [6.07, 6.45) is 0. The number of sulfonamides is 1. The number of nitrogens with zero attached hydrogens (tertiary/aromatic N) is 3. The Bertz CT molecular complexity index is 1430. The summed E-state index contributed by atoms with van der Waals surface area (Å²) in [5, 5.41) is 0. The molecular weight excluding hydrogens is 502 g/mol. The molecule has 200 valence electrons.